The molecule has 6 N–H and O–H groups in total. The molecular weight excluding hydrogens is 232 g/mol. The van der Waals surface area contributed by atoms with Gasteiger partial charge in [0, 0.05) is 0 Å². The lowest BCUT2D eigenvalue weighted by Gasteiger charge is -2.31. The summed E-state index contributed by atoms with van der Waals surface area (Å²) in [5, 5.41) is 57.4. The molecule has 0 aromatic heterocycles. The number of ether oxygens (including phenoxy) is 1. The maximum atomic E-state index is 10.1. The van der Waals surface area contributed by atoms with Crippen molar-refractivity contribution >= 4 is 0 Å². The zero-order valence-corrected chi connectivity index (χ0v) is 9.87. The van der Waals surface area contributed by atoms with Crippen molar-refractivity contribution in [2.75, 3.05) is 6.61 Å². The van der Waals surface area contributed by atoms with E-state index in [1.807, 2.05) is 0 Å². The van der Waals surface area contributed by atoms with E-state index in [9.17, 15) is 25.5 Å². The number of hydrogen-bond acceptors (Lipinski definition) is 7. The van der Waals surface area contributed by atoms with Crippen LogP contribution < -0.4 is 0 Å². The molecule has 0 aromatic carbocycles. The van der Waals surface area contributed by atoms with Crippen LogP contribution in [0.25, 0.3) is 0 Å². The Hall–Kier alpha value is -0.280. The van der Waals surface area contributed by atoms with E-state index in [4.69, 9.17) is 5.11 Å². The summed E-state index contributed by atoms with van der Waals surface area (Å²) in [5.74, 6) is -4.82. The van der Waals surface area contributed by atoms with Crippen molar-refractivity contribution < 1.29 is 35.4 Å². The number of aliphatic hydroxyl groups excluding tert-OH is 3. The summed E-state index contributed by atoms with van der Waals surface area (Å²) in [5.41, 5.74) is -1.74. The zero-order valence-electron chi connectivity index (χ0n) is 9.87. The maximum absolute atomic E-state index is 10.1. The maximum Gasteiger partial charge on any atom is 0.256 e. The van der Waals surface area contributed by atoms with Gasteiger partial charge in [0.2, 0.25) is 0 Å². The molecule has 7 nitrogen and oxygen atoms in total. The first kappa shape index (κ1) is 14.8. The number of rotatable bonds is 6. The van der Waals surface area contributed by atoms with E-state index >= 15 is 0 Å². The molecule has 17 heavy (non-hydrogen) atoms. The minimum atomic E-state index is -2.48. The van der Waals surface area contributed by atoms with Gasteiger partial charge in [0.25, 0.3) is 11.6 Å². The normalized spacial score (nSPS) is 36.7. The third kappa shape index (κ3) is 1.88. The standard InChI is InChI=1S/C10H20O7/c1-3-8(14,4-2)10(16)9(15,17-10)7(13)6(12)5-11/h6-7,11-16H,3-5H2,1-2H3/t6-,7+,9+,10+/m0/s1. The molecule has 0 radical (unpaired) electrons. The fourth-order valence-corrected chi connectivity index (χ4v) is 1.98. The van der Waals surface area contributed by atoms with E-state index in [2.05, 4.69) is 4.74 Å². The van der Waals surface area contributed by atoms with E-state index in [0.717, 1.165) is 0 Å². The van der Waals surface area contributed by atoms with Crippen molar-refractivity contribution in [1.82, 2.24) is 0 Å². The molecule has 1 fully saturated rings. The van der Waals surface area contributed by atoms with E-state index in [1.54, 1.807) is 13.8 Å². The first-order valence-electron chi connectivity index (χ1n) is 5.56. The third-order valence-corrected chi connectivity index (χ3v) is 3.50. The molecule has 0 saturated carbocycles. The second kappa shape index (κ2) is 4.43. The smallest absolute Gasteiger partial charge is 0.256 e. The van der Waals surface area contributed by atoms with Crippen LogP contribution in [0.5, 0.6) is 0 Å². The molecule has 0 spiro atoms. The van der Waals surface area contributed by atoms with Crippen molar-refractivity contribution in [2.45, 2.75) is 56.1 Å². The summed E-state index contributed by atoms with van der Waals surface area (Å²) < 4.78 is 4.66. The van der Waals surface area contributed by atoms with E-state index in [-0.39, 0.29) is 12.8 Å². The van der Waals surface area contributed by atoms with Gasteiger partial charge in [-0.3, -0.25) is 0 Å². The highest BCUT2D eigenvalue weighted by atomic mass is 16.9. The Labute approximate surface area is 98.9 Å². The number of epoxide rings is 1. The second-order valence-corrected chi connectivity index (χ2v) is 4.38. The van der Waals surface area contributed by atoms with Crippen LogP contribution in [0.4, 0.5) is 0 Å². The molecule has 1 saturated heterocycles. The summed E-state index contributed by atoms with van der Waals surface area (Å²) in [6, 6.07) is 0. The van der Waals surface area contributed by atoms with Gasteiger partial charge in [-0.25, -0.2) is 0 Å². The highest BCUT2D eigenvalue weighted by molar-refractivity contribution is 5.16. The lowest BCUT2D eigenvalue weighted by atomic mass is 9.85. The van der Waals surface area contributed by atoms with Gasteiger partial charge in [0.05, 0.1) is 6.61 Å². The molecule has 1 rings (SSSR count). The molecule has 1 aliphatic heterocycles. The van der Waals surface area contributed by atoms with Crippen molar-refractivity contribution in [3.63, 3.8) is 0 Å². The quantitative estimate of drug-likeness (QED) is 0.292. The van der Waals surface area contributed by atoms with Crippen LogP contribution in [-0.4, -0.2) is 66.6 Å². The van der Waals surface area contributed by atoms with Gasteiger partial charge >= 0.3 is 0 Å². The molecule has 0 unspecified atom stereocenters. The van der Waals surface area contributed by atoms with Crippen molar-refractivity contribution in [1.29, 1.82) is 0 Å². The van der Waals surface area contributed by atoms with E-state index in [0.29, 0.717) is 0 Å². The van der Waals surface area contributed by atoms with Gasteiger partial charge in [0.1, 0.15) is 17.8 Å². The summed E-state index contributed by atoms with van der Waals surface area (Å²) >= 11 is 0. The summed E-state index contributed by atoms with van der Waals surface area (Å²) in [4.78, 5) is 0. The van der Waals surface area contributed by atoms with E-state index in [1.165, 1.54) is 0 Å². The Morgan fingerprint density at radius 2 is 1.65 bits per heavy atom. The number of hydrogen-bond donors (Lipinski definition) is 6. The van der Waals surface area contributed by atoms with Crippen molar-refractivity contribution in [2.24, 2.45) is 0 Å². The molecule has 4 atom stereocenters. The number of aliphatic hydroxyl groups is 6. The average Bonchev–Trinajstić information content (AvgIpc) is 2.92. The van der Waals surface area contributed by atoms with Crippen LogP contribution in [0.2, 0.25) is 0 Å². The van der Waals surface area contributed by atoms with Gasteiger partial charge in [-0.05, 0) is 12.8 Å². The first-order chi connectivity index (χ1) is 7.72. The Balaban J connectivity index is 2.92. The van der Waals surface area contributed by atoms with Crippen LogP contribution in [0.15, 0.2) is 0 Å². The molecular formula is C10H20O7. The first-order valence-corrected chi connectivity index (χ1v) is 5.56. The third-order valence-electron chi connectivity index (χ3n) is 3.50. The Morgan fingerprint density at radius 3 is 2.00 bits per heavy atom. The highest BCUT2D eigenvalue weighted by Crippen LogP contribution is 2.55. The van der Waals surface area contributed by atoms with Gasteiger partial charge < -0.3 is 35.4 Å². The average molecular weight is 252 g/mol. The van der Waals surface area contributed by atoms with Gasteiger partial charge in [-0.1, -0.05) is 13.8 Å². The largest absolute Gasteiger partial charge is 0.394 e. The van der Waals surface area contributed by atoms with Gasteiger partial charge in [0.15, 0.2) is 0 Å². The fourth-order valence-electron chi connectivity index (χ4n) is 1.98. The Bertz CT molecular complexity index is 280. The second-order valence-electron chi connectivity index (χ2n) is 4.38. The van der Waals surface area contributed by atoms with Crippen LogP contribution in [-0.2, 0) is 4.74 Å². The SMILES string of the molecule is CCC(O)(CC)[C@@]1(O)O[C@]1(O)[C@H](O)[C@@H](O)CO. The fraction of sp³-hybridized carbons (Fsp3) is 1.00. The summed E-state index contributed by atoms with van der Waals surface area (Å²) in [7, 11) is 0. The van der Waals surface area contributed by atoms with Crippen LogP contribution in [0.1, 0.15) is 26.7 Å². The predicted octanol–water partition coefficient (Wildman–Crippen LogP) is -2.34. The van der Waals surface area contributed by atoms with Crippen molar-refractivity contribution in [3.05, 3.63) is 0 Å². The molecule has 0 amide bonds. The minimum Gasteiger partial charge on any atom is -0.394 e. The molecule has 102 valence electrons. The lowest BCUT2D eigenvalue weighted by molar-refractivity contribution is -0.176. The van der Waals surface area contributed by atoms with E-state index < -0.39 is 36.0 Å². The minimum absolute atomic E-state index is 0.0875. The summed E-state index contributed by atoms with van der Waals surface area (Å²) in [6.45, 7) is 2.36. The Morgan fingerprint density at radius 1 is 1.18 bits per heavy atom. The van der Waals surface area contributed by atoms with Crippen LogP contribution in [0.3, 0.4) is 0 Å². The zero-order chi connectivity index (χ0) is 13.5. The molecule has 0 aromatic rings. The van der Waals surface area contributed by atoms with Crippen LogP contribution in [0, 0.1) is 0 Å². The molecule has 7 heteroatoms. The molecule has 0 bridgehead atoms. The topological polar surface area (TPSA) is 134 Å². The van der Waals surface area contributed by atoms with Gasteiger partial charge in [-0.2, -0.15) is 0 Å². The van der Waals surface area contributed by atoms with Crippen LogP contribution >= 0.6 is 0 Å². The molecule has 0 aliphatic carbocycles. The predicted molar refractivity (Wildman–Crippen MR) is 55.6 cm³/mol. The molecule has 1 aliphatic rings. The molecule has 1 heterocycles. The highest BCUT2D eigenvalue weighted by Gasteiger charge is 2.81. The Kier molecular flexibility index (Phi) is 3.85. The van der Waals surface area contributed by atoms with Crippen molar-refractivity contribution in [3.8, 4) is 0 Å². The monoisotopic (exact) mass is 252 g/mol. The summed E-state index contributed by atoms with van der Waals surface area (Å²) in [6.07, 6.45) is -3.41. The lowest BCUT2D eigenvalue weighted by Crippen LogP contribution is -2.55. The van der Waals surface area contributed by atoms with Gasteiger partial charge in [-0.15, -0.1) is 0 Å².